The van der Waals surface area contributed by atoms with Crippen molar-refractivity contribution in [3.05, 3.63) is 65.7 Å². The fourth-order valence-corrected chi connectivity index (χ4v) is 3.25. The maximum Gasteiger partial charge on any atom is 0.258 e. The first-order valence-corrected chi connectivity index (χ1v) is 9.03. The van der Waals surface area contributed by atoms with Gasteiger partial charge in [-0.3, -0.25) is 9.59 Å². The Labute approximate surface area is 166 Å². The summed E-state index contributed by atoms with van der Waals surface area (Å²) in [6, 6.07) is 16.7. The molecule has 0 saturated carbocycles. The van der Waals surface area contributed by atoms with Gasteiger partial charge < -0.3 is 15.5 Å². The molecular formula is C21H26ClN3O2. The quantitative estimate of drug-likeness (QED) is 0.846. The van der Waals surface area contributed by atoms with Gasteiger partial charge >= 0.3 is 0 Å². The van der Waals surface area contributed by atoms with Crippen molar-refractivity contribution < 1.29 is 9.59 Å². The maximum absolute atomic E-state index is 12.7. The van der Waals surface area contributed by atoms with E-state index in [1.165, 1.54) is 0 Å². The van der Waals surface area contributed by atoms with Crippen molar-refractivity contribution in [2.24, 2.45) is 0 Å². The molecule has 1 aliphatic heterocycles. The van der Waals surface area contributed by atoms with Crippen LogP contribution in [0.1, 0.15) is 40.5 Å². The van der Waals surface area contributed by atoms with E-state index in [1.807, 2.05) is 30.3 Å². The van der Waals surface area contributed by atoms with Crippen LogP contribution in [0.5, 0.6) is 0 Å². The molecule has 2 aromatic carbocycles. The summed E-state index contributed by atoms with van der Waals surface area (Å²) in [5, 5.41) is 6.46. The lowest BCUT2D eigenvalue weighted by Gasteiger charge is -2.30. The number of halogens is 1. The normalized spacial score (nSPS) is 18.9. The molecule has 5 nitrogen and oxygen atoms in total. The average Bonchev–Trinajstić information content (AvgIpc) is 2.69. The molecule has 0 bridgehead atoms. The predicted molar refractivity (Wildman–Crippen MR) is 111 cm³/mol. The standard InChI is InChI=1S/C21H25N3O2.ClH/c1-15-19(12-7-13-22-15)23-20(25)16-8-6-9-17(14-16)21(26)24(2)18-10-4-3-5-11-18;/h3-6,8-11,14-15,19,22H,7,12-13H2,1-2H3,(H,23,25);1H. The molecule has 144 valence electrons. The molecule has 27 heavy (non-hydrogen) atoms. The zero-order valence-corrected chi connectivity index (χ0v) is 16.5. The van der Waals surface area contributed by atoms with Crippen LogP contribution in [0.25, 0.3) is 0 Å². The molecule has 0 aliphatic carbocycles. The summed E-state index contributed by atoms with van der Waals surface area (Å²) in [7, 11) is 1.74. The summed E-state index contributed by atoms with van der Waals surface area (Å²) in [5.74, 6) is -0.277. The third kappa shape index (κ3) is 5.08. The van der Waals surface area contributed by atoms with Crippen LogP contribution in [0.3, 0.4) is 0 Å². The Balaban J connectivity index is 0.00000261. The summed E-state index contributed by atoms with van der Waals surface area (Å²) in [4.78, 5) is 26.9. The fraction of sp³-hybridized carbons (Fsp3) is 0.333. The number of benzene rings is 2. The van der Waals surface area contributed by atoms with Gasteiger partial charge in [-0.25, -0.2) is 0 Å². The number of amides is 2. The first-order valence-electron chi connectivity index (χ1n) is 9.03. The van der Waals surface area contributed by atoms with E-state index in [4.69, 9.17) is 0 Å². The third-order valence-corrected chi connectivity index (χ3v) is 4.90. The van der Waals surface area contributed by atoms with Crippen molar-refractivity contribution in [2.45, 2.75) is 31.8 Å². The number of piperidine rings is 1. The van der Waals surface area contributed by atoms with Crippen molar-refractivity contribution in [3.63, 3.8) is 0 Å². The first kappa shape index (κ1) is 20.9. The van der Waals surface area contributed by atoms with Gasteiger partial charge in [0, 0.05) is 35.9 Å². The number of hydrogen-bond acceptors (Lipinski definition) is 3. The van der Waals surface area contributed by atoms with Crippen LogP contribution in [0.2, 0.25) is 0 Å². The predicted octanol–water partition coefficient (Wildman–Crippen LogP) is 3.26. The highest BCUT2D eigenvalue weighted by molar-refractivity contribution is 6.07. The van der Waals surface area contributed by atoms with Gasteiger partial charge in [-0.1, -0.05) is 24.3 Å². The van der Waals surface area contributed by atoms with Crippen molar-refractivity contribution in [1.82, 2.24) is 10.6 Å². The Bertz CT molecular complexity index is 782. The van der Waals surface area contributed by atoms with Crippen LogP contribution in [0.4, 0.5) is 5.69 Å². The molecule has 0 spiro atoms. The first-order chi connectivity index (χ1) is 12.6. The van der Waals surface area contributed by atoms with Crippen LogP contribution < -0.4 is 15.5 Å². The largest absolute Gasteiger partial charge is 0.348 e. The van der Waals surface area contributed by atoms with Gasteiger partial charge in [-0.2, -0.15) is 0 Å². The number of hydrogen-bond donors (Lipinski definition) is 2. The molecule has 2 unspecified atom stereocenters. The van der Waals surface area contributed by atoms with Gasteiger partial charge in [0.05, 0.1) is 0 Å². The minimum atomic E-state index is -0.140. The van der Waals surface area contributed by atoms with Crippen molar-refractivity contribution in [2.75, 3.05) is 18.5 Å². The van der Waals surface area contributed by atoms with Crippen molar-refractivity contribution in [1.29, 1.82) is 0 Å². The van der Waals surface area contributed by atoms with Crippen molar-refractivity contribution in [3.8, 4) is 0 Å². The van der Waals surface area contributed by atoms with E-state index in [1.54, 1.807) is 36.2 Å². The number of rotatable bonds is 4. The average molecular weight is 388 g/mol. The van der Waals surface area contributed by atoms with E-state index < -0.39 is 0 Å². The van der Waals surface area contributed by atoms with E-state index in [2.05, 4.69) is 17.6 Å². The molecule has 6 heteroatoms. The van der Waals surface area contributed by atoms with Gasteiger partial charge in [-0.15, -0.1) is 12.4 Å². The van der Waals surface area contributed by atoms with E-state index in [0.717, 1.165) is 25.1 Å². The number of nitrogens with one attached hydrogen (secondary N) is 2. The lowest BCUT2D eigenvalue weighted by molar-refractivity contribution is 0.0920. The number of nitrogens with zero attached hydrogens (tertiary/aromatic N) is 1. The second-order valence-corrected chi connectivity index (χ2v) is 6.75. The minimum Gasteiger partial charge on any atom is -0.348 e. The highest BCUT2D eigenvalue weighted by atomic mass is 35.5. The van der Waals surface area contributed by atoms with E-state index in [-0.39, 0.29) is 36.3 Å². The molecule has 2 aromatic rings. The minimum absolute atomic E-state index is 0. The molecule has 1 fully saturated rings. The van der Waals surface area contributed by atoms with Gasteiger partial charge in [-0.05, 0) is 56.6 Å². The number of carbonyl (C=O) groups is 2. The summed E-state index contributed by atoms with van der Waals surface area (Å²) >= 11 is 0. The molecule has 1 heterocycles. The van der Waals surface area contributed by atoms with Gasteiger partial charge in [0.25, 0.3) is 11.8 Å². The Kier molecular flexibility index (Phi) is 7.39. The van der Waals surface area contributed by atoms with Crippen LogP contribution in [-0.4, -0.2) is 37.5 Å². The summed E-state index contributed by atoms with van der Waals surface area (Å²) in [6.07, 6.45) is 2.02. The van der Waals surface area contributed by atoms with Crippen LogP contribution in [0.15, 0.2) is 54.6 Å². The SMILES string of the molecule is CC1NCCCC1NC(=O)c1cccc(C(=O)N(C)c2ccccc2)c1.Cl. The molecule has 0 radical (unpaired) electrons. The van der Waals surface area contributed by atoms with Crippen molar-refractivity contribution >= 4 is 29.9 Å². The lowest BCUT2D eigenvalue weighted by Crippen LogP contribution is -2.51. The second kappa shape index (κ2) is 9.53. The monoisotopic (exact) mass is 387 g/mol. The molecule has 2 N–H and O–H groups in total. The number of anilines is 1. The molecule has 0 aromatic heterocycles. The maximum atomic E-state index is 12.7. The molecule has 1 saturated heterocycles. The van der Waals surface area contributed by atoms with Crippen LogP contribution in [-0.2, 0) is 0 Å². The highest BCUT2D eigenvalue weighted by Crippen LogP contribution is 2.16. The third-order valence-electron chi connectivity index (χ3n) is 4.90. The Morgan fingerprint density at radius 1 is 1.07 bits per heavy atom. The highest BCUT2D eigenvalue weighted by Gasteiger charge is 2.23. The van der Waals surface area contributed by atoms with E-state index in [0.29, 0.717) is 11.1 Å². The van der Waals surface area contributed by atoms with E-state index >= 15 is 0 Å². The second-order valence-electron chi connectivity index (χ2n) is 6.75. The molecule has 2 atom stereocenters. The van der Waals surface area contributed by atoms with Gasteiger partial charge in [0.15, 0.2) is 0 Å². The lowest BCUT2D eigenvalue weighted by atomic mass is 9.99. The van der Waals surface area contributed by atoms with Crippen LogP contribution in [0, 0.1) is 0 Å². The molecule has 1 aliphatic rings. The zero-order chi connectivity index (χ0) is 18.5. The topological polar surface area (TPSA) is 61.4 Å². The number of carbonyl (C=O) groups excluding carboxylic acids is 2. The van der Waals surface area contributed by atoms with Gasteiger partial charge in [0.2, 0.25) is 0 Å². The summed E-state index contributed by atoms with van der Waals surface area (Å²) in [5.41, 5.74) is 1.82. The summed E-state index contributed by atoms with van der Waals surface area (Å²) < 4.78 is 0. The Hall–Kier alpha value is -2.37. The Morgan fingerprint density at radius 3 is 2.48 bits per heavy atom. The molecule has 3 rings (SSSR count). The molecule has 2 amide bonds. The number of para-hydroxylation sites is 1. The Morgan fingerprint density at radius 2 is 1.78 bits per heavy atom. The fourth-order valence-electron chi connectivity index (χ4n) is 3.25. The smallest absolute Gasteiger partial charge is 0.258 e. The zero-order valence-electron chi connectivity index (χ0n) is 15.6. The van der Waals surface area contributed by atoms with E-state index in [9.17, 15) is 9.59 Å². The molecular weight excluding hydrogens is 362 g/mol. The summed E-state index contributed by atoms with van der Waals surface area (Å²) in [6.45, 7) is 3.07. The van der Waals surface area contributed by atoms with Crippen LogP contribution >= 0.6 is 12.4 Å². The van der Waals surface area contributed by atoms with Gasteiger partial charge in [0.1, 0.15) is 0 Å².